The third-order valence-corrected chi connectivity index (χ3v) is 7.95. The van der Waals surface area contributed by atoms with Gasteiger partial charge in [0, 0.05) is 80.4 Å². The Morgan fingerprint density at radius 3 is 1.78 bits per heavy atom. The molecule has 0 spiro atoms. The van der Waals surface area contributed by atoms with Crippen LogP contribution in [-0.4, -0.2) is 83.2 Å². The number of aromatic nitrogens is 2. The van der Waals surface area contributed by atoms with Crippen LogP contribution in [0.5, 0.6) is 0 Å². The molecule has 0 aliphatic rings. The minimum absolute atomic E-state index is 0.122. The SMILES string of the molecule is CN(C)CCCC(=O)Nc1cc(C(=O)Nc2cccc(C(=O)Nc3cc(C(=O)Nc4ccc(N(CCCl)CCCl)cc4)n(C)c3)c2)n(C)c1. The average Bonchev–Trinajstić information content (AvgIpc) is 3.61. The molecule has 2 heterocycles. The van der Waals surface area contributed by atoms with Gasteiger partial charge in [-0.3, -0.25) is 19.2 Å². The highest BCUT2D eigenvalue weighted by Gasteiger charge is 2.17. The van der Waals surface area contributed by atoms with Crippen LogP contribution in [0.3, 0.4) is 0 Å². The molecule has 14 heteroatoms. The predicted molar refractivity (Wildman–Crippen MR) is 198 cm³/mol. The van der Waals surface area contributed by atoms with E-state index in [4.69, 9.17) is 23.2 Å². The van der Waals surface area contributed by atoms with Gasteiger partial charge >= 0.3 is 0 Å². The van der Waals surface area contributed by atoms with Crippen molar-refractivity contribution < 1.29 is 19.2 Å². The topological polar surface area (TPSA) is 133 Å². The number of halogens is 2. The number of hydrogen-bond acceptors (Lipinski definition) is 6. The van der Waals surface area contributed by atoms with E-state index >= 15 is 0 Å². The molecule has 0 saturated carbocycles. The van der Waals surface area contributed by atoms with Crippen LogP contribution in [-0.2, 0) is 18.9 Å². The second-order valence-electron chi connectivity index (χ2n) is 11.8. The first-order valence-corrected chi connectivity index (χ1v) is 16.8. The Labute approximate surface area is 296 Å². The maximum Gasteiger partial charge on any atom is 0.272 e. The highest BCUT2D eigenvalue weighted by Crippen LogP contribution is 2.22. The maximum atomic E-state index is 13.2. The number of anilines is 5. The first-order valence-electron chi connectivity index (χ1n) is 15.8. The molecule has 260 valence electrons. The number of nitrogens with zero attached hydrogens (tertiary/aromatic N) is 4. The van der Waals surface area contributed by atoms with Crippen LogP contribution in [0.4, 0.5) is 28.4 Å². The summed E-state index contributed by atoms with van der Waals surface area (Å²) in [5, 5.41) is 11.4. The summed E-state index contributed by atoms with van der Waals surface area (Å²) in [4.78, 5) is 55.7. The summed E-state index contributed by atoms with van der Waals surface area (Å²) >= 11 is 11.8. The van der Waals surface area contributed by atoms with Crippen LogP contribution < -0.4 is 26.2 Å². The number of carbonyl (C=O) groups excluding carboxylic acids is 4. The Hall–Kier alpha value is -4.78. The lowest BCUT2D eigenvalue weighted by Gasteiger charge is -2.23. The van der Waals surface area contributed by atoms with Crippen molar-refractivity contribution in [2.45, 2.75) is 12.8 Å². The predicted octanol–water partition coefficient (Wildman–Crippen LogP) is 5.68. The van der Waals surface area contributed by atoms with Gasteiger partial charge in [-0.15, -0.1) is 23.2 Å². The van der Waals surface area contributed by atoms with Gasteiger partial charge in [-0.1, -0.05) is 6.07 Å². The summed E-state index contributed by atoms with van der Waals surface area (Å²) in [5.41, 5.74) is 3.93. The first kappa shape index (κ1) is 37.0. The molecule has 0 saturated heterocycles. The molecule has 49 heavy (non-hydrogen) atoms. The summed E-state index contributed by atoms with van der Waals surface area (Å²) in [6.07, 6.45) is 4.42. The van der Waals surface area contributed by atoms with Crippen LogP contribution in [0.25, 0.3) is 0 Å². The molecule has 0 atom stereocenters. The molecule has 2 aromatic carbocycles. The summed E-state index contributed by atoms with van der Waals surface area (Å²) < 4.78 is 3.25. The standard InChI is InChI=1S/C35H42Cl2N8O4/c1-42(2)16-6-9-32(46)38-27-20-30(43(3)22-27)35(49)40-26-8-5-7-24(19-26)33(47)41-28-21-31(44(4)23-28)34(48)39-25-10-12-29(13-11-25)45(17-14-36)18-15-37/h5,7-8,10-13,19-23H,6,9,14-18H2,1-4H3,(H,38,46)(H,39,48)(H,40,49)(H,41,47). The first-order chi connectivity index (χ1) is 23.5. The number of carbonyl (C=O) groups is 4. The van der Waals surface area contributed by atoms with Crippen molar-refractivity contribution in [3.8, 4) is 0 Å². The van der Waals surface area contributed by atoms with Gasteiger partial charge in [0.25, 0.3) is 17.7 Å². The molecule has 0 fully saturated rings. The zero-order chi connectivity index (χ0) is 35.5. The van der Waals surface area contributed by atoms with Gasteiger partial charge in [-0.2, -0.15) is 0 Å². The molecule has 12 nitrogen and oxygen atoms in total. The molecule has 0 aliphatic heterocycles. The third kappa shape index (κ3) is 10.6. The van der Waals surface area contributed by atoms with Crippen molar-refractivity contribution in [3.63, 3.8) is 0 Å². The lowest BCUT2D eigenvalue weighted by atomic mass is 10.2. The van der Waals surface area contributed by atoms with E-state index in [1.54, 1.807) is 72.0 Å². The summed E-state index contributed by atoms with van der Waals surface area (Å²) in [7, 11) is 7.33. The van der Waals surface area contributed by atoms with Gasteiger partial charge in [-0.05, 0) is 81.7 Å². The van der Waals surface area contributed by atoms with Crippen molar-refractivity contribution in [2.24, 2.45) is 14.1 Å². The molecule has 4 N–H and O–H groups in total. The Bertz CT molecular complexity index is 1760. The minimum Gasteiger partial charge on any atom is -0.369 e. The van der Waals surface area contributed by atoms with E-state index in [1.165, 1.54) is 0 Å². The molecule has 0 unspecified atom stereocenters. The van der Waals surface area contributed by atoms with Crippen molar-refractivity contribution in [2.75, 3.05) is 71.7 Å². The summed E-state index contributed by atoms with van der Waals surface area (Å²) in [6.45, 7) is 2.12. The number of amides is 4. The van der Waals surface area contributed by atoms with Crippen molar-refractivity contribution in [1.82, 2.24) is 14.0 Å². The number of benzene rings is 2. The van der Waals surface area contributed by atoms with Crippen LogP contribution in [0.15, 0.2) is 73.1 Å². The van der Waals surface area contributed by atoms with Crippen molar-refractivity contribution in [3.05, 3.63) is 90.0 Å². The van der Waals surface area contributed by atoms with E-state index in [0.717, 1.165) is 18.7 Å². The molecular formula is C35H42Cl2N8O4. The van der Waals surface area contributed by atoms with Gasteiger partial charge in [0.2, 0.25) is 5.91 Å². The monoisotopic (exact) mass is 708 g/mol. The highest BCUT2D eigenvalue weighted by atomic mass is 35.5. The Balaban J connectivity index is 1.35. The molecule has 0 radical (unpaired) electrons. The van der Waals surface area contributed by atoms with E-state index in [2.05, 4.69) is 26.2 Å². The summed E-state index contributed by atoms with van der Waals surface area (Å²) in [5.74, 6) is -0.334. The lowest BCUT2D eigenvalue weighted by Crippen LogP contribution is -2.27. The zero-order valence-corrected chi connectivity index (χ0v) is 29.6. The molecule has 2 aromatic heterocycles. The van der Waals surface area contributed by atoms with Crippen LogP contribution >= 0.6 is 23.2 Å². The van der Waals surface area contributed by atoms with Gasteiger partial charge < -0.3 is 40.2 Å². The molecule has 4 rings (SSSR count). The fraction of sp³-hybridized carbons (Fsp3) is 0.314. The van der Waals surface area contributed by atoms with E-state index in [9.17, 15) is 19.2 Å². The van der Waals surface area contributed by atoms with Gasteiger partial charge in [0.1, 0.15) is 11.4 Å². The van der Waals surface area contributed by atoms with Crippen LogP contribution in [0, 0.1) is 0 Å². The number of alkyl halides is 2. The van der Waals surface area contributed by atoms with Crippen molar-refractivity contribution in [1.29, 1.82) is 0 Å². The minimum atomic E-state index is -0.416. The normalized spacial score (nSPS) is 10.9. The van der Waals surface area contributed by atoms with E-state index in [0.29, 0.717) is 71.0 Å². The van der Waals surface area contributed by atoms with Gasteiger partial charge in [-0.25, -0.2) is 0 Å². The largest absolute Gasteiger partial charge is 0.369 e. The Morgan fingerprint density at radius 2 is 1.20 bits per heavy atom. The lowest BCUT2D eigenvalue weighted by molar-refractivity contribution is -0.116. The molecule has 0 aliphatic carbocycles. The number of aryl methyl sites for hydroxylation is 2. The fourth-order valence-electron chi connectivity index (χ4n) is 5.16. The maximum absolute atomic E-state index is 13.2. The highest BCUT2D eigenvalue weighted by molar-refractivity contribution is 6.18. The molecule has 4 amide bonds. The quantitative estimate of drug-likeness (QED) is 0.111. The Kier molecular flexibility index (Phi) is 13.3. The van der Waals surface area contributed by atoms with Crippen LogP contribution in [0.2, 0.25) is 0 Å². The molecule has 0 bridgehead atoms. The summed E-state index contributed by atoms with van der Waals surface area (Å²) in [6, 6.07) is 17.1. The average molecular weight is 710 g/mol. The fourth-order valence-corrected chi connectivity index (χ4v) is 5.57. The number of hydrogen-bond donors (Lipinski definition) is 4. The molecule has 4 aromatic rings. The van der Waals surface area contributed by atoms with Crippen LogP contribution in [0.1, 0.15) is 44.2 Å². The smallest absolute Gasteiger partial charge is 0.272 e. The Morgan fingerprint density at radius 1 is 0.653 bits per heavy atom. The van der Waals surface area contributed by atoms with Gasteiger partial charge in [0.05, 0.1) is 11.4 Å². The second-order valence-corrected chi connectivity index (χ2v) is 12.5. The van der Waals surface area contributed by atoms with Gasteiger partial charge in [0.15, 0.2) is 0 Å². The molecular weight excluding hydrogens is 667 g/mol. The zero-order valence-electron chi connectivity index (χ0n) is 28.1. The van der Waals surface area contributed by atoms with E-state index in [-0.39, 0.29) is 11.8 Å². The third-order valence-electron chi connectivity index (χ3n) is 7.61. The number of nitrogens with one attached hydrogen (secondary N) is 4. The van der Waals surface area contributed by atoms with E-state index in [1.807, 2.05) is 43.3 Å². The van der Waals surface area contributed by atoms with Crippen molar-refractivity contribution >= 4 is 75.3 Å². The second kappa shape index (κ2) is 17.6. The van der Waals surface area contributed by atoms with E-state index < -0.39 is 11.8 Å². The number of rotatable bonds is 16.